The van der Waals surface area contributed by atoms with E-state index in [1.165, 1.54) is 11.8 Å². The van der Waals surface area contributed by atoms with Crippen molar-refractivity contribution in [2.75, 3.05) is 12.4 Å². The molecule has 0 saturated heterocycles. The number of aromatic nitrogens is 1. The third kappa shape index (κ3) is 2.79. The minimum Gasteiger partial charge on any atom is -0.371 e. The number of nitrogens with one attached hydrogen (secondary N) is 1. The van der Waals surface area contributed by atoms with Crippen LogP contribution in [0.2, 0.25) is 0 Å². The Morgan fingerprint density at radius 3 is 2.39 bits per heavy atom. The first-order valence-corrected chi connectivity index (χ1v) is 6.20. The summed E-state index contributed by atoms with van der Waals surface area (Å²) in [6, 6.07) is 8.47. The van der Waals surface area contributed by atoms with Gasteiger partial charge in [0.25, 0.3) is 0 Å². The molecule has 0 amide bonds. The van der Waals surface area contributed by atoms with Gasteiger partial charge < -0.3 is 5.32 Å². The predicted octanol–water partition coefficient (Wildman–Crippen LogP) is 3.86. The lowest BCUT2D eigenvalue weighted by Gasteiger charge is -2.06. The first kappa shape index (κ1) is 12.8. The molecule has 18 heavy (non-hydrogen) atoms. The van der Waals surface area contributed by atoms with Crippen LogP contribution in [0.5, 0.6) is 0 Å². The van der Waals surface area contributed by atoms with Crippen molar-refractivity contribution in [2.24, 2.45) is 0 Å². The Bertz CT molecular complexity index is 556. The first-order valence-electron chi connectivity index (χ1n) is 5.38. The van der Waals surface area contributed by atoms with E-state index in [1.807, 2.05) is 31.2 Å². The Morgan fingerprint density at radius 1 is 1.11 bits per heavy atom. The summed E-state index contributed by atoms with van der Waals surface area (Å²) >= 11 is 1.17. The van der Waals surface area contributed by atoms with Crippen LogP contribution in [-0.2, 0) is 0 Å². The van der Waals surface area contributed by atoms with Crippen LogP contribution in [0, 0.1) is 18.6 Å². The van der Waals surface area contributed by atoms with Gasteiger partial charge in [-0.15, -0.1) is 0 Å². The molecule has 2 aromatic rings. The second-order valence-electron chi connectivity index (χ2n) is 3.77. The summed E-state index contributed by atoms with van der Waals surface area (Å²) < 4.78 is 26.8. The van der Waals surface area contributed by atoms with Crippen LogP contribution in [0.25, 0.3) is 0 Å². The molecule has 0 fully saturated rings. The highest BCUT2D eigenvalue weighted by molar-refractivity contribution is 7.99. The predicted molar refractivity (Wildman–Crippen MR) is 69.0 cm³/mol. The highest BCUT2D eigenvalue weighted by Crippen LogP contribution is 2.30. The summed E-state index contributed by atoms with van der Waals surface area (Å²) in [5, 5.41) is 2.75. The molecule has 1 aromatic heterocycles. The second kappa shape index (κ2) is 5.35. The Morgan fingerprint density at radius 2 is 1.78 bits per heavy atom. The molecular weight excluding hydrogens is 254 g/mol. The number of nitrogens with zero attached hydrogens (tertiary/aromatic N) is 1. The molecule has 1 N–H and O–H groups in total. The number of hydrogen-bond donors (Lipinski definition) is 1. The molecule has 2 rings (SSSR count). The van der Waals surface area contributed by atoms with Crippen LogP contribution in [0.15, 0.2) is 40.3 Å². The van der Waals surface area contributed by atoms with E-state index in [0.717, 1.165) is 16.5 Å². The topological polar surface area (TPSA) is 24.9 Å². The molecule has 0 radical (unpaired) electrons. The average Bonchev–Trinajstić information content (AvgIpc) is 2.35. The molecule has 0 saturated carbocycles. The molecule has 0 bridgehead atoms. The van der Waals surface area contributed by atoms with E-state index >= 15 is 0 Å². The normalized spacial score (nSPS) is 10.4. The van der Waals surface area contributed by atoms with Crippen LogP contribution < -0.4 is 5.32 Å². The smallest absolute Gasteiger partial charge is 0.168 e. The zero-order valence-electron chi connectivity index (χ0n) is 10.00. The Kier molecular flexibility index (Phi) is 3.81. The highest BCUT2D eigenvalue weighted by Gasteiger charge is 2.12. The number of pyridine rings is 1. The number of hydrogen-bond acceptors (Lipinski definition) is 3. The van der Waals surface area contributed by atoms with Gasteiger partial charge in [-0.1, -0.05) is 29.5 Å². The van der Waals surface area contributed by atoms with Crippen LogP contribution in [0.4, 0.5) is 14.6 Å². The van der Waals surface area contributed by atoms with E-state index < -0.39 is 11.6 Å². The van der Waals surface area contributed by atoms with Crippen LogP contribution in [0.3, 0.4) is 0 Å². The van der Waals surface area contributed by atoms with Gasteiger partial charge in [-0.2, -0.15) is 0 Å². The lowest BCUT2D eigenvalue weighted by molar-refractivity contribution is 0.552. The molecule has 0 aliphatic rings. The van der Waals surface area contributed by atoms with Gasteiger partial charge in [0.1, 0.15) is 5.03 Å². The van der Waals surface area contributed by atoms with Gasteiger partial charge in [0.2, 0.25) is 0 Å². The lowest BCUT2D eigenvalue weighted by atomic mass is 10.2. The zero-order chi connectivity index (χ0) is 13.1. The van der Waals surface area contributed by atoms with Crippen molar-refractivity contribution < 1.29 is 8.78 Å². The molecule has 1 aromatic carbocycles. The molecule has 0 atom stereocenters. The van der Waals surface area contributed by atoms with Crippen molar-refractivity contribution in [3.05, 3.63) is 47.5 Å². The molecule has 0 unspecified atom stereocenters. The number of benzene rings is 1. The van der Waals surface area contributed by atoms with Crippen molar-refractivity contribution in [2.45, 2.75) is 16.8 Å². The number of rotatable bonds is 3. The van der Waals surface area contributed by atoms with Gasteiger partial charge in [0, 0.05) is 18.0 Å². The molecule has 5 heteroatoms. The van der Waals surface area contributed by atoms with E-state index in [4.69, 9.17) is 0 Å². The van der Waals surface area contributed by atoms with Gasteiger partial charge >= 0.3 is 0 Å². The third-order valence-corrected chi connectivity index (χ3v) is 3.36. The standard InChI is InChI=1S/C13H12F2N2S/c1-8-3-5-9(6-4-8)18-13-11(15)7-10(14)12(16-2)17-13/h3-7H,1-2H3,(H,16,17). The molecule has 0 aliphatic carbocycles. The van der Waals surface area contributed by atoms with E-state index in [1.54, 1.807) is 7.05 Å². The van der Waals surface area contributed by atoms with Crippen molar-refractivity contribution in [1.82, 2.24) is 4.98 Å². The van der Waals surface area contributed by atoms with E-state index in [0.29, 0.717) is 0 Å². The molecule has 0 aliphatic heterocycles. The monoisotopic (exact) mass is 266 g/mol. The fraction of sp³-hybridized carbons (Fsp3) is 0.154. The molecular formula is C13H12F2N2S. The maximum absolute atomic E-state index is 13.6. The quantitative estimate of drug-likeness (QED) is 0.913. The number of halogens is 2. The minimum absolute atomic E-state index is 0.0472. The van der Waals surface area contributed by atoms with E-state index in [2.05, 4.69) is 10.3 Å². The van der Waals surface area contributed by atoms with Crippen LogP contribution in [0.1, 0.15) is 5.56 Å². The molecule has 0 spiro atoms. The van der Waals surface area contributed by atoms with Gasteiger partial charge in [0.05, 0.1) is 0 Å². The van der Waals surface area contributed by atoms with Gasteiger partial charge in [-0.25, -0.2) is 13.8 Å². The second-order valence-corrected chi connectivity index (χ2v) is 4.83. The fourth-order valence-corrected chi connectivity index (χ4v) is 2.20. The minimum atomic E-state index is -0.691. The summed E-state index contributed by atoms with van der Waals surface area (Å²) in [5.41, 5.74) is 1.13. The number of anilines is 1. The van der Waals surface area contributed by atoms with Crippen molar-refractivity contribution in [3.8, 4) is 0 Å². The van der Waals surface area contributed by atoms with E-state index in [9.17, 15) is 8.78 Å². The zero-order valence-corrected chi connectivity index (χ0v) is 10.8. The summed E-state index contributed by atoms with van der Waals surface area (Å²) in [6.07, 6.45) is 0. The van der Waals surface area contributed by atoms with Gasteiger partial charge in [-0.3, -0.25) is 0 Å². The Labute approximate surface area is 108 Å². The summed E-state index contributed by atoms with van der Waals surface area (Å²) in [7, 11) is 1.55. The largest absolute Gasteiger partial charge is 0.371 e. The Balaban J connectivity index is 2.31. The highest BCUT2D eigenvalue weighted by atomic mass is 32.2. The molecule has 1 heterocycles. The molecule has 2 nitrogen and oxygen atoms in total. The van der Waals surface area contributed by atoms with Crippen molar-refractivity contribution in [1.29, 1.82) is 0 Å². The average molecular weight is 266 g/mol. The first-order chi connectivity index (χ1) is 8.60. The van der Waals surface area contributed by atoms with Gasteiger partial charge in [-0.05, 0) is 19.1 Å². The maximum Gasteiger partial charge on any atom is 0.168 e. The van der Waals surface area contributed by atoms with Crippen LogP contribution >= 0.6 is 11.8 Å². The maximum atomic E-state index is 13.6. The van der Waals surface area contributed by atoms with Crippen LogP contribution in [-0.4, -0.2) is 12.0 Å². The summed E-state index contributed by atoms with van der Waals surface area (Å²) in [4.78, 5) is 4.77. The summed E-state index contributed by atoms with van der Waals surface area (Å²) in [5.74, 6) is -1.30. The summed E-state index contributed by atoms with van der Waals surface area (Å²) in [6.45, 7) is 1.98. The van der Waals surface area contributed by atoms with Crippen molar-refractivity contribution >= 4 is 17.6 Å². The SMILES string of the molecule is CNc1nc(Sc2ccc(C)cc2)c(F)cc1F. The lowest BCUT2D eigenvalue weighted by Crippen LogP contribution is -1.99. The third-order valence-electron chi connectivity index (χ3n) is 2.37. The van der Waals surface area contributed by atoms with Gasteiger partial charge in [0.15, 0.2) is 17.5 Å². The van der Waals surface area contributed by atoms with E-state index in [-0.39, 0.29) is 10.8 Å². The molecule has 94 valence electrons. The Hall–Kier alpha value is -1.62. The van der Waals surface area contributed by atoms with Crippen molar-refractivity contribution in [3.63, 3.8) is 0 Å². The number of aryl methyl sites for hydroxylation is 1. The fourth-order valence-electron chi connectivity index (χ4n) is 1.41.